The van der Waals surface area contributed by atoms with Crippen molar-refractivity contribution in [2.75, 3.05) is 25.6 Å². The van der Waals surface area contributed by atoms with Crippen LogP contribution in [0.5, 0.6) is 0 Å². The van der Waals surface area contributed by atoms with Gasteiger partial charge in [-0.3, -0.25) is 4.55 Å². The first-order valence-electron chi connectivity index (χ1n) is 4.84. The molecular weight excluding hydrogens is 230 g/mol. The minimum absolute atomic E-state index is 0.102. The zero-order chi connectivity index (χ0) is 12.0. The summed E-state index contributed by atoms with van der Waals surface area (Å²) in [4.78, 5) is -0.102. The second-order valence-corrected chi connectivity index (χ2v) is 4.69. The number of benzene rings is 1. The first kappa shape index (κ1) is 13.0. The monoisotopic (exact) mass is 245 g/mol. The molecule has 5 nitrogen and oxygen atoms in total. The molecule has 0 aromatic heterocycles. The molecule has 0 amide bonds. The van der Waals surface area contributed by atoms with Crippen LogP contribution in [0, 0.1) is 0 Å². The highest BCUT2D eigenvalue weighted by atomic mass is 32.2. The fourth-order valence-corrected chi connectivity index (χ4v) is 1.67. The van der Waals surface area contributed by atoms with Gasteiger partial charge in [0.25, 0.3) is 10.1 Å². The van der Waals surface area contributed by atoms with E-state index in [0.29, 0.717) is 6.61 Å². The van der Waals surface area contributed by atoms with Gasteiger partial charge in [-0.1, -0.05) is 0 Å². The smallest absolute Gasteiger partial charge is 0.294 e. The average molecular weight is 245 g/mol. The molecule has 0 aliphatic carbocycles. The molecule has 0 saturated heterocycles. The van der Waals surface area contributed by atoms with Gasteiger partial charge >= 0.3 is 0 Å². The lowest BCUT2D eigenvalue weighted by molar-refractivity contribution is 0.198. The summed E-state index contributed by atoms with van der Waals surface area (Å²) in [7, 11) is -2.46. The van der Waals surface area contributed by atoms with Gasteiger partial charge in [0.05, 0.1) is 4.90 Å². The molecule has 0 spiro atoms. The van der Waals surface area contributed by atoms with Crippen molar-refractivity contribution >= 4 is 15.8 Å². The second kappa shape index (κ2) is 5.83. The van der Waals surface area contributed by atoms with E-state index in [2.05, 4.69) is 5.32 Å². The van der Waals surface area contributed by atoms with Gasteiger partial charge in [0.2, 0.25) is 0 Å². The van der Waals surface area contributed by atoms with Crippen molar-refractivity contribution in [3.63, 3.8) is 0 Å². The molecule has 0 bridgehead atoms. The maximum absolute atomic E-state index is 10.8. The van der Waals surface area contributed by atoms with Gasteiger partial charge < -0.3 is 10.1 Å². The first-order valence-corrected chi connectivity index (χ1v) is 6.28. The van der Waals surface area contributed by atoms with Crippen molar-refractivity contribution in [2.45, 2.75) is 11.3 Å². The summed E-state index contributed by atoms with van der Waals surface area (Å²) in [6, 6.07) is 5.92. The summed E-state index contributed by atoms with van der Waals surface area (Å²) in [6.45, 7) is 1.43. The summed E-state index contributed by atoms with van der Waals surface area (Å²) in [6.07, 6.45) is 0.872. The Bertz CT molecular complexity index is 413. The summed E-state index contributed by atoms with van der Waals surface area (Å²) in [5, 5.41) is 3.10. The Morgan fingerprint density at radius 3 is 2.44 bits per heavy atom. The highest BCUT2D eigenvalue weighted by molar-refractivity contribution is 7.85. The fourth-order valence-electron chi connectivity index (χ4n) is 1.19. The molecule has 0 aliphatic heterocycles. The Balaban J connectivity index is 2.52. The minimum Gasteiger partial charge on any atom is -0.385 e. The predicted octanol–water partition coefficient (Wildman–Crippen LogP) is 1.38. The van der Waals surface area contributed by atoms with Crippen LogP contribution in [0.15, 0.2) is 29.2 Å². The molecule has 1 aromatic carbocycles. The van der Waals surface area contributed by atoms with E-state index in [4.69, 9.17) is 9.29 Å². The molecule has 1 rings (SSSR count). The molecule has 0 atom stereocenters. The average Bonchev–Trinajstić information content (AvgIpc) is 2.24. The van der Waals surface area contributed by atoms with Crippen LogP contribution in [-0.2, 0) is 14.9 Å². The molecule has 16 heavy (non-hydrogen) atoms. The van der Waals surface area contributed by atoms with Crippen LogP contribution in [-0.4, -0.2) is 33.2 Å². The van der Waals surface area contributed by atoms with Crippen LogP contribution in [0.4, 0.5) is 5.69 Å². The van der Waals surface area contributed by atoms with Crippen LogP contribution in [0.2, 0.25) is 0 Å². The van der Waals surface area contributed by atoms with Crippen LogP contribution in [0.25, 0.3) is 0 Å². The maximum Gasteiger partial charge on any atom is 0.294 e. The van der Waals surface area contributed by atoms with E-state index in [-0.39, 0.29) is 4.90 Å². The molecule has 2 N–H and O–H groups in total. The molecule has 0 saturated carbocycles. The zero-order valence-electron chi connectivity index (χ0n) is 9.01. The molecule has 1 aromatic rings. The Kier molecular flexibility index (Phi) is 4.72. The lowest BCUT2D eigenvalue weighted by atomic mass is 10.3. The number of anilines is 1. The second-order valence-electron chi connectivity index (χ2n) is 3.27. The Labute approximate surface area is 95.2 Å². The molecule has 0 radical (unpaired) electrons. The number of hydrogen-bond donors (Lipinski definition) is 2. The molecular formula is C10H15NO4S. The molecule has 90 valence electrons. The number of nitrogens with one attached hydrogen (secondary N) is 1. The van der Waals surface area contributed by atoms with Crippen LogP contribution in [0.1, 0.15) is 6.42 Å². The topological polar surface area (TPSA) is 75.6 Å². The molecule has 0 heterocycles. The van der Waals surface area contributed by atoms with Crippen molar-refractivity contribution in [1.82, 2.24) is 0 Å². The number of hydrogen-bond acceptors (Lipinski definition) is 4. The van der Waals surface area contributed by atoms with E-state index in [9.17, 15) is 8.42 Å². The zero-order valence-corrected chi connectivity index (χ0v) is 9.83. The maximum atomic E-state index is 10.8. The summed E-state index contributed by atoms with van der Waals surface area (Å²) in [5.74, 6) is 0. The Hall–Kier alpha value is -1.11. The van der Waals surface area contributed by atoms with Crippen molar-refractivity contribution < 1.29 is 17.7 Å². The molecule has 0 aliphatic rings. The van der Waals surface area contributed by atoms with Gasteiger partial charge in [-0.25, -0.2) is 0 Å². The summed E-state index contributed by atoms with van der Waals surface area (Å²) in [5.41, 5.74) is 0.809. The fraction of sp³-hybridized carbons (Fsp3) is 0.400. The van der Waals surface area contributed by atoms with E-state index < -0.39 is 10.1 Å². The van der Waals surface area contributed by atoms with Crippen molar-refractivity contribution in [2.24, 2.45) is 0 Å². The van der Waals surface area contributed by atoms with Gasteiger partial charge in [0.1, 0.15) is 0 Å². The van der Waals surface area contributed by atoms with E-state index in [1.807, 2.05) is 0 Å². The van der Waals surface area contributed by atoms with Gasteiger partial charge in [0, 0.05) is 25.9 Å². The third-order valence-electron chi connectivity index (χ3n) is 2.01. The highest BCUT2D eigenvalue weighted by Gasteiger charge is 2.07. The van der Waals surface area contributed by atoms with E-state index >= 15 is 0 Å². The third kappa shape index (κ3) is 4.18. The Morgan fingerprint density at radius 1 is 1.31 bits per heavy atom. The first-order chi connectivity index (χ1) is 7.54. The number of methoxy groups -OCH3 is 1. The number of ether oxygens (including phenoxy) is 1. The standard InChI is InChI=1S/C10H15NO4S/c1-15-8-2-7-11-9-3-5-10(6-4-9)16(12,13)14/h3-6,11H,2,7-8H2,1H3,(H,12,13,14). The van der Waals surface area contributed by atoms with Crippen molar-refractivity contribution in [3.8, 4) is 0 Å². The minimum atomic E-state index is -4.10. The normalized spacial score (nSPS) is 11.4. The van der Waals surface area contributed by atoms with Crippen LogP contribution < -0.4 is 5.32 Å². The van der Waals surface area contributed by atoms with E-state index in [1.54, 1.807) is 19.2 Å². The van der Waals surface area contributed by atoms with E-state index in [1.165, 1.54) is 12.1 Å². The lowest BCUT2D eigenvalue weighted by Crippen LogP contribution is -2.05. The van der Waals surface area contributed by atoms with Gasteiger partial charge in [-0.2, -0.15) is 8.42 Å². The van der Waals surface area contributed by atoms with Crippen molar-refractivity contribution in [1.29, 1.82) is 0 Å². The van der Waals surface area contributed by atoms with Gasteiger partial charge in [-0.05, 0) is 30.7 Å². The number of rotatable bonds is 6. The predicted molar refractivity (Wildman–Crippen MR) is 61.2 cm³/mol. The van der Waals surface area contributed by atoms with Crippen LogP contribution >= 0.6 is 0 Å². The molecule has 0 fully saturated rings. The quantitative estimate of drug-likeness (QED) is 0.585. The summed E-state index contributed by atoms with van der Waals surface area (Å²) >= 11 is 0. The molecule has 0 unspecified atom stereocenters. The molecule has 6 heteroatoms. The SMILES string of the molecule is COCCCNc1ccc(S(=O)(=O)O)cc1. The van der Waals surface area contributed by atoms with E-state index in [0.717, 1.165) is 18.7 Å². The highest BCUT2D eigenvalue weighted by Crippen LogP contribution is 2.13. The van der Waals surface area contributed by atoms with Crippen LogP contribution in [0.3, 0.4) is 0 Å². The van der Waals surface area contributed by atoms with Crippen molar-refractivity contribution in [3.05, 3.63) is 24.3 Å². The largest absolute Gasteiger partial charge is 0.385 e. The summed E-state index contributed by atoms with van der Waals surface area (Å²) < 4.78 is 35.2. The lowest BCUT2D eigenvalue weighted by Gasteiger charge is -2.06. The van der Waals surface area contributed by atoms with Gasteiger partial charge in [0.15, 0.2) is 0 Å². The van der Waals surface area contributed by atoms with Gasteiger partial charge in [-0.15, -0.1) is 0 Å². The third-order valence-corrected chi connectivity index (χ3v) is 2.87. The Morgan fingerprint density at radius 2 is 1.94 bits per heavy atom.